The number of benzene rings is 1. The van der Waals surface area contributed by atoms with Crippen LogP contribution in [0.3, 0.4) is 0 Å². The molecule has 0 fully saturated rings. The molecule has 1 rings (SSSR count). The summed E-state index contributed by atoms with van der Waals surface area (Å²) >= 11 is 0. The summed E-state index contributed by atoms with van der Waals surface area (Å²) in [7, 11) is 0. The predicted molar refractivity (Wildman–Crippen MR) is 131 cm³/mol. The maximum Gasteiger partial charge on any atom is 0.326 e. The number of nitrogens with one attached hydrogen (secondary N) is 3. The molecule has 0 aromatic heterocycles. The number of carbonyl (C=O) groups is 7. The average Bonchev–Trinajstić information content (AvgIpc) is 2.83. The summed E-state index contributed by atoms with van der Waals surface area (Å²) in [5.74, 6) is -7.53. The first-order valence-electron chi connectivity index (χ1n) is 11.5. The highest BCUT2D eigenvalue weighted by Crippen LogP contribution is 2.06. The number of hydrogen-bond donors (Lipinski definition) is 8. The Labute approximate surface area is 217 Å². The molecule has 0 radical (unpaired) electrons. The highest BCUT2D eigenvalue weighted by atomic mass is 16.4. The summed E-state index contributed by atoms with van der Waals surface area (Å²) in [4.78, 5) is 83.2. The molecule has 15 nitrogen and oxygen atoms in total. The van der Waals surface area contributed by atoms with Crippen LogP contribution in [0.15, 0.2) is 30.3 Å². The molecule has 4 atom stereocenters. The van der Waals surface area contributed by atoms with Gasteiger partial charge in [-0.1, -0.05) is 30.3 Å². The highest BCUT2D eigenvalue weighted by molar-refractivity contribution is 5.96. The van der Waals surface area contributed by atoms with Crippen molar-refractivity contribution in [3.8, 4) is 0 Å². The van der Waals surface area contributed by atoms with E-state index in [1.54, 1.807) is 30.3 Å². The van der Waals surface area contributed by atoms with E-state index in [9.17, 15) is 43.8 Å². The molecule has 0 saturated carbocycles. The molecule has 5 amide bonds. The Hall–Kier alpha value is -4.53. The fourth-order valence-corrected chi connectivity index (χ4v) is 3.27. The monoisotopic (exact) mass is 536 g/mol. The zero-order valence-electron chi connectivity index (χ0n) is 20.4. The molecule has 0 bridgehead atoms. The van der Waals surface area contributed by atoms with Crippen LogP contribution in [0, 0.1) is 0 Å². The third kappa shape index (κ3) is 11.9. The van der Waals surface area contributed by atoms with Crippen LogP contribution in [-0.4, -0.2) is 75.9 Å². The van der Waals surface area contributed by atoms with Gasteiger partial charge in [-0.3, -0.25) is 28.8 Å². The summed E-state index contributed by atoms with van der Waals surface area (Å²) in [5.41, 5.74) is 16.7. The number of primary amides is 2. The second-order valence-corrected chi connectivity index (χ2v) is 8.43. The fraction of sp³-hybridized carbons (Fsp3) is 0.435. The van der Waals surface area contributed by atoms with Gasteiger partial charge in [-0.25, -0.2) is 4.79 Å². The van der Waals surface area contributed by atoms with Crippen LogP contribution in [0.4, 0.5) is 0 Å². The summed E-state index contributed by atoms with van der Waals surface area (Å²) in [6.07, 6.45) is -2.23. The molecule has 0 aliphatic rings. The molecule has 208 valence electrons. The molecule has 0 heterocycles. The van der Waals surface area contributed by atoms with Crippen LogP contribution in [-0.2, 0) is 40.0 Å². The fourth-order valence-electron chi connectivity index (χ4n) is 3.27. The van der Waals surface area contributed by atoms with Crippen molar-refractivity contribution in [2.24, 2.45) is 17.2 Å². The minimum absolute atomic E-state index is 0.0968. The van der Waals surface area contributed by atoms with Gasteiger partial charge in [-0.15, -0.1) is 0 Å². The van der Waals surface area contributed by atoms with Gasteiger partial charge in [0.2, 0.25) is 29.5 Å². The summed E-state index contributed by atoms with van der Waals surface area (Å²) in [6, 6.07) is 2.83. The Bertz CT molecular complexity index is 1030. The van der Waals surface area contributed by atoms with Crippen molar-refractivity contribution in [2.75, 3.05) is 0 Å². The Morgan fingerprint density at radius 1 is 0.711 bits per heavy atom. The first kappa shape index (κ1) is 31.5. The van der Waals surface area contributed by atoms with Crippen molar-refractivity contribution >= 4 is 41.5 Å². The van der Waals surface area contributed by atoms with E-state index in [-0.39, 0.29) is 25.7 Å². The lowest BCUT2D eigenvalue weighted by Crippen LogP contribution is -2.57. The summed E-state index contributed by atoms with van der Waals surface area (Å²) in [5, 5.41) is 25.1. The maximum absolute atomic E-state index is 12.9. The van der Waals surface area contributed by atoms with Gasteiger partial charge in [0.1, 0.15) is 18.1 Å². The second kappa shape index (κ2) is 15.6. The van der Waals surface area contributed by atoms with Crippen LogP contribution < -0.4 is 33.2 Å². The van der Waals surface area contributed by atoms with Crippen LogP contribution in [0.5, 0.6) is 0 Å². The second-order valence-electron chi connectivity index (χ2n) is 8.43. The summed E-state index contributed by atoms with van der Waals surface area (Å²) in [6.45, 7) is 0. The molecule has 0 spiro atoms. The molecule has 0 aliphatic carbocycles. The van der Waals surface area contributed by atoms with Gasteiger partial charge < -0.3 is 43.4 Å². The quantitative estimate of drug-likeness (QED) is 0.100. The Morgan fingerprint density at radius 3 is 1.68 bits per heavy atom. The van der Waals surface area contributed by atoms with Gasteiger partial charge in [-0.05, 0) is 24.8 Å². The molecular weight excluding hydrogens is 504 g/mol. The number of hydrogen-bond acceptors (Lipinski definition) is 8. The van der Waals surface area contributed by atoms with E-state index in [0.717, 1.165) is 5.56 Å². The number of aliphatic carboxylic acids is 2. The number of carboxylic acid groups (broad SMARTS) is 2. The maximum atomic E-state index is 12.9. The SMILES string of the molecule is NC(=O)CCC(NC(=O)C(CCC(N)=O)NC(=O)C(CC(=O)O)NC(=O)C(N)Cc1ccccc1)C(=O)O. The van der Waals surface area contributed by atoms with Crippen LogP contribution in [0.2, 0.25) is 0 Å². The summed E-state index contributed by atoms with van der Waals surface area (Å²) < 4.78 is 0. The average molecular weight is 537 g/mol. The van der Waals surface area contributed by atoms with Crippen LogP contribution in [0.25, 0.3) is 0 Å². The van der Waals surface area contributed by atoms with E-state index < -0.39 is 78.5 Å². The van der Waals surface area contributed by atoms with Gasteiger partial charge in [-0.2, -0.15) is 0 Å². The van der Waals surface area contributed by atoms with Crippen molar-refractivity contribution < 1.29 is 43.8 Å². The molecule has 11 N–H and O–H groups in total. The number of rotatable bonds is 17. The normalized spacial score (nSPS) is 13.7. The lowest BCUT2D eigenvalue weighted by Gasteiger charge is -2.24. The number of nitrogens with two attached hydrogens (primary N) is 3. The lowest BCUT2D eigenvalue weighted by molar-refractivity contribution is -0.143. The van der Waals surface area contributed by atoms with E-state index in [4.69, 9.17) is 17.2 Å². The van der Waals surface area contributed by atoms with Gasteiger partial charge in [0.15, 0.2) is 0 Å². The molecule has 0 aliphatic heterocycles. The van der Waals surface area contributed by atoms with Gasteiger partial charge in [0, 0.05) is 12.8 Å². The van der Waals surface area contributed by atoms with Crippen molar-refractivity contribution in [1.82, 2.24) is 16.0 Å². The van der Waals surface area contributed by atoms with Crippen molar-refractivity contribution in [2.45, 2.75) is 62.7 Å². The number of amides is 5. The topological polar surface area (TPSA) is 274 Å². The van der Waals surface area contributed by atoms with E-state index >= 15 is 0 Å². The smallest absolute Gasteiger partial charge is 0.326 e. The highest BCUT2D eigenvalue weighted by Gasteiger charge is 2.31. The van der Waals surface area contributed by atoms with Crippen molar-refractivity contribution in [1.29, 1.82) is 0 Å². The molecule has 38 heavy (non-hydrogen) atoms. The van der Waals surface area contributed by atoms with Gasteiger partial charge in [0.05, 0.1) is 12.5 Å². The molecular formula is C23H32N6O9. The van der Waals surface area contributed by atoms with Crippen LogP contribution in [0.1, 0.15) is 37.7 Å². The first-order valence-corrected chi connectivity index (χ1v) is 11.5. The number of carbonyl (C=O) groups excluding carboxylic acids is 5. The zero-order chi connectivity index (χ0) is 28.8. The molecule has 1 aromatic carbocycles. The standard InChI is InChI=1S/C23H32N6O9/c24-13(10-12-4-2-1-3-5-12)20(34)29-16(11-19(32)33)22(36)27-14(6-8-17(25)30)21(35)28-15(23(37)38)7-9-18(26)31/h1-5,13-16H,6-11,24H2,(H2,25,30)(H2,26,31)(H,27,36)(H,28,35)(H,29,34)(H,32,33)(H,37,38). The van der Waals surface area contributed by atoms with E-state index in [1.807, 2.05) is 0 Å². The predicted octanol–water partition coefficient (Wildman–Crippen LogP) is -2.90. The molecule has 1 aromatic rings. The Kier molecular flexibility index (Phi) is 12.9. The number of carboxylic acids is 2. The minimum atomic E-state index is -1.66. The third-order valence-corrected chi connectivity index (χ3v) is 5.25. The van der Waals surface area contributed by atoms with E-state index in [0.29, 0.717) is 0 Å². The van der Waals surface area contributed by atoms with E-state index in [2.05, 4.69) is 16.0 Å². The van der Waals surface area contributed by atoms with E-state index in [1.165, 1.54) is 0 Å². The van der Waals surface area contributed by atoms with Crippen LogP contribution >= 0.6 is 0 Å². The Morgan fingerprint density at radius 2 is 1.18 bits per heavy atom. The van der Waals surface area contributed by atoms with Crippen molar-refractivity contribution in [3.05, 3.63) is 35.9 Å². The van der Waals surface area contributed by atoms with Gasteiger partial charge >= 0.3 is 11.9 Å². The molecule has 0 saturated heterocycles. The lowest BCUT2D eigenvalue weighted by atomic mass is 10.0. The van der Waals surface area contributed by atoms with Crippen molar-refractivity contribution in [3.63, 3.8) is 0 Å². The Balaban J connectivity index is 3.00. The minimum Gasteiger partial charge on any atom is -0.481 e. The largest absolute Gasteiger partial charge is 0.481 e. The van der Waals surface area contributed by atoms with Gasteiger partial charge in [0.25, 0.3) is 0 Å². The molecule has 4 unspecified atom stereocenters. The first-order chi connectivity index (χ1) is 17.8. The zero-order valence-corrected chi connectivity index (χ0v) is 20.4. The third-order valence-electron chi connectivity index (χ3n) is 5.25. The molecule has 15 heteroatoms.